The van der Waals surface area contributed by atoms with Crippen molar-refractivity contribution in [3.8, 4) is 0 Å². The number of esters is 2. The van der Waals surface area contributed by atoms with Crippen molar-refractivity contribution in [2.75, 3.05) is 5.75 Å². The van der Waals surface area contributed by atoms with Crippen molar-refractivity contribution in [3.05, 3.63) is 44.8 Å². The van der Waals surface area contributed by atoms with Crippen LogP contribution in [0.5, 0.6) is 0 Å². The van der Waals surface area contributed by atoms with Crippen LogP contribution in [-0.4, -0.2) is 45.4 Å². The highest BCUT2D eigenvalue weighted by Gasteiger charge is 2.44. The number of hydrogen-bond donors (Lipinski definition) is 0. The molecule has 0 spiro atoms. The number of hydrogen-bond acceptors (Lipinski definition) is 9. The van der Waals surface area contributed by atoms with E-state index in [2.05, 4.69) is 10.0 Å². The molecule has 10 nitrogen and oxygen atoms in total. The molecule has 0 aromatic heterocycles. The molecule has 27 heavy (non-hydrogen) atoms. The zero-order chi connectivity index (χ0) is 20.0. The Bertz CT molecular complexity index is 768. The van der Waals surface area contributed by atoms with Crippen molar-refractivity contribution in [2.24, 2.45) is 5.11 Å². The van der Waals surface area contributed by atoms with Gasteiger partial charge >= 0.3 is 11.9 Å². The fraction of sp³-hybridized carbons (Fsp3) is 0.467. The predicted molar refractivity (Wildman–Crippen MR) is 99.2 cm³/mol. The maximum Gasteiger partial charge on any atom is 0.303 e. The molecule has 0 aliphatic carbocycles. The average molecular weight is 412 g/mol. The fourth-order valence-corrected chi connectivity index (χ4v) is 5.25. The van der Waals surface area contributed by atoms with E-state index in [1.54, 1.807) is 12.1 Å². The first-order valence-corrected chi connectivity index (χ1v) is 9.66. The van der Waals surface area contributed by atoms with E-state index in [-0.39, 0.29) is 10.3 Å². The van der Waals surface area contributed by atoms with Crippen LogP contribution in [-0.2, 0) is 19.1 Å². The smallest absolute Gasteiger partial charge is 0.303 e. The van der Waals surface area contributed by atoms with Crippen LogP contribution in [0, 0.1) is 10.1 Å². The number of non-ortho nitro benzene ring substituents is 1. The van der Waals surface area contributed by atoms with Gasteiger partial charge < -0.3 is 9.47 Å². The zero-order valence-electron chi connectivity index (χ0n) is 14.4. The molecule has 0 N–H and O–H groups in total. The molecule has 1 aromatic rings. The first-order chi connectivity index (χ1) is 12.8. The number of thioether (sulfide) groups is 2. The van der Waals surface area contributed by atoms with Crippen LogP contribution in [0.25, 0.3) is 10.4 Å². The van der Waals surface area contributed by atoms with E-state index < -0.39 is 35.1 Å². The van der Waals surface area contributed by atoms with Crippen LogP contribution in [0.1, 0.15) is 13.8 Å². The van der Waals surface area contributed by atoms with Gasteiger partial charge in [-0.15, -0.1) is 23.5 Å². The molecule has 12 heteroatoms. The number of benzene rings is 1. The number of carbonyl (C=O) groups is 2. The maximum atomic E-state index is 11.6. The normalized spacial score (nSPS) is 24.4. The van der Waals surface area contributed by atoms with Crippen LogP contribution < -0.4 is 0 Å². The summed E-state index contributed by atoms with van der Waals surface area (Å²) in [6.07, 6.45) is -1.76. The lowest BCUT2D eigenvalue weighted by atomic mass is 10.1. The largest absolute Gasteiger partial charge is 0.458 e. The summed E-state index contributed by atoms with van der Waals surface area (Å²) in [7, 11) is 0. The van der Waals surface area contributed by atoms with E-state index in [0.717, 1.165) is 4.90 Å². The third-order valence-electron chi connectivity index (χ3n) is 3.51. The van der Waals surface area contributed by atoms with E-state index in [4.69, 9.17) is 15.0 Å². The number of nitrogens with zero attached hydrogens (tertiary/aromatic N) is 4. The summed E-state index contributed by atoms with van der Waals surface area (Å²) in [5, 5.41) is 14.4. The minimum atomic E-state index is -0.918. The number of ether oxygens (including phenoxy) is 2. The molecule has 1 saturated heterocycles. The lowest BCUT2D eigenvalue weighted by Gasteiger charge is -2.39. The molecule has 144 valence electrons. The second-order valence-electron chi connectivity index (χ2n) is 5.49. The minimum absolute atomic E-state index is 0.0339. The molecule has 1 aromatic carbocycles. The van der Waals surface area contributed by atoms with Crippen LogP contribution in [0.2, 0.25) is 0 Å². The molecular formula is C15H16N4O6S2. The van der Waals surface area contributed by atoms with Crippen LogP contribution in [0.3, 0.4) is 0 Å². The Kier molecular flexibility index (Phi) is 7.34. The topological polar surface area (TPSA) is 145 Å². The van der Waals surface area contributed by atoms with Gasteiger partial charge in [0.15, 0.2) is 6.10 Å². The highest BCUT2D eigenvalue weighted by molar-refractivity contribution is 8.17. The second-order valence-corrected chi connectivity index (χ2v) is 8.18. The van der Waals surface area contributed by atoms with E-state index in [1.165, 1.54) is 49.5 Å². The van der Waals surface area contributed by atoms with Crippen molar-refractivity contribution >= 4 is 41.1 Å². The predicted octanol–water partition coefficient (Wildman–Crippen LogP) is 3.30. The molecule has 0 radical (unpaired) electrons. The summed E-state index contributed by atoms with van der Waals surface area (Å²) in [5.74, 6) is -0.778. The minimum Gasteiger partial charge on any atom is -0.458 e. The van der Waals surface area contributed by atoms with Gasteiger partial charge in [-0.1, -0.05) is 5.11 Å². The van der Waals surface area contributed by atoms with Gasteiger partial charge in [-0.2, -0.15) is 0 Å². The quantitative estimate of drug-likeness (QED) is 0.173. The maximum absolute atomic E-state index is 11.6. The van der Waals surface area contributed by atoms with E-state index in [9.17, 15) is 19.7 Å². The number of rotatable bonds is 6. The molecule has 0 saturated carbocycles. The summed E-state index contributed by atoms with van der Waals surface area (Å²) in [5.41, 5.74) is 8.72. The highest BCUT2D eigenvalue weighted by atomic mass is 32.2. The lowest BCUT2D eigenvalue weighted by molar-refractivity contribution is -0.384. The number of nitro groups is 1. The lowest BCUT2D eigenvalue weighted by Crippen LogP contribution is -2.51. The summed E-state index contributed by atoms with van der Waals surface area (Å²) in [6.45, 7) is 2.46. The van der Waals surface area contributed by atoms with Gasteiger partial charge in [0.1, 0.15) is 6.10 Å². The second kappa shape index (κ2) is 9.49. The zero-order valence-corrected chi connectivity index (χ0v) is 16.0. The molecule has 1 aliphatic rings. The molecule has 0 unspecified atom stereocenters. The Morgan fingerprint density at radius 1 is 1.26 bits per heavy atom. The van der Waals surface area contributed by atoms with Gasteiger partial charge in [0, 0.05) is 41.5 Å². The van der Waals surface area contributed by atoms with Gasteiger partial charge in [-0.3, -0.25) is 19.7 Å². The first kappa shape index (κ1) is 20.9. The van der Waals surface area contributed by atoms with Crippen molar-refractivity contribution in [1.82, 2.24) is 0 Å². The number of carbonyl (C=O) groups excluding carboxylic acids is 2. The van der Waals surface area contributed by atoms with Gasteiger partial charge in [0.05, 0.1) is 15.5 Å². The number of azide groups is 1. The van der Waals surface area contributed by atoms with Crippen molar-refractivity contribution in [1.29, 1.82) is 0 Å². The Morgan fingerprint density at radius 2 is 1.85 bits per heavy atom. The standard InChI is InChI=1S/C15H16N4O6S2/c1-8(20)24-13-12(17-18-16)7-26-15(14(13)25-9(2)21)27-11-5-3-10(4-6-11)19(22)23/h3-6,12-15H,7H2,1-2H3/t12-,13+,14-,15+/m1/s1. The molecule has 1 fully saturated rings. The third kappa shape index (κ3) is 5.78. The Balaban J connectivity index is 2.26. The Morgan fingerprint density at radius 3 is 2.37 bits per heavy atom. The molecule has 2 rings (SSSR count). The Labute approximate surface area is 162 Å². The fourth-order valence-electron chi connectivity index (χ4n) is 2.46. The molecule has 1 heterocycles. The molecule has 1 aliphatic heterocycles. The van der Waals surface area contributed by atoms with Gasteiger partial charge in [-0.25, -0.2) is 0 Å². The summed E-state index contributed by atoms with van der Waals surface area (Å²) >= 11 is 2.72. The highest BCUT2D eigenvalue weighted by Crippen LogP contribution is 2.42. The van der Waals surface area contributed by atoms with Crippen molar-refractivity contribution < 1.29 is 24.0 Å². The number of nitro benzene ring substituents is 1. The van der Waals surface area contributed by atoms with Crippen molar-refractivity contribution in [3.63, 3.8) is 0 Å². The van der Waals surface area contributed by atoms with E-state index >= 15 is 0 Å². The van der Waals surface area contributed by atoms with Gasteiger partial charge in [0.2, 0.25) is 0 Å². The molecule has 0 bridgehead atoms. The summed E-state index contributed by atoms with van der Waals surface area (Å²) in [6, 6.07) is 5.26. The Hall–Kier alpha value is -2.43. The third-order valence-corrected chi connectivity index (χ3v) is 6.38. The average Bonchev–Trinajstić information content (AvgIpc) is 2.59. The SMILES string of the molecule is CC(=O)O[C@@H]1[C@@H](OC(C)=O)[C@H](Sc2ccc([N+](=O)[O-])cc2)SC[C@H]1N=[N+]=[N-]. The van der Waals surface area contributed by atoms with Crippen LogP contribution in [0.15, 0.2) is 34.3 Å². The summed E-state index contributed by atoms with van der Waals surface area (Å²) in [4.78, 5) is 36.8. The van der Waals surface area contributed by atoms with Crippen molar-refractivity contribution in [2.45, 2.75) is 41.6 Å². The van der Waals surface area contributed by atoms with E-state index in [0.29, 0.717) is 5.75 Å². The first-order valence-electron chi connectivity index (χ1n) is 7.73. The van der Waals surface area contributed by atoms with Gasteiger partial charge in [-0.05, 0) is 17.7 Å². The monoisotopic (exact) mass is 412 g/mol. The van der Waals surface area contributed by atoms with E-state index in [1.807, 2.05) is 0 Å². The summed E-state index contributed by atoms with van der Waals surface area (Å²) < 4.78 is 10.3. The molecular weight excluding hydrogens is 396 g/mol. The molecule has 0 amide bonds. The van der Waals surface area contributed by atoms with Gasteiger partial charge in [0.25, 0.3) is 5.69 Å². The van der Waals surface area contributed by atoms with Crippen LogP contribution in [0.4, 0.5) is 5.69 Å². The van der Waals surface area contributed by atoms with Crippen LogP contribution >= 0.6 is 23.5 Å². The molecule has 4 atom stereocenters.